The topological polar surface area (TPSA) is 93.8 Å². The second-order valence-electron chi connectivity index (χ2n) is 4.74. The first-order valence-corrected chi connectivity index (χ1v) is 6.74. The Kier molecular flexibility index (Phi) is 5.03. The molecule has 2 aromatic carbocycles. The molecule has 0 aliphatic rings. The summed E-state index contributed by atoms with van der Waals surface area (Å²) in [6, 6.07) is 10.9. The van der Waals surface area contributed by atoms with Crippen LogP contribution in [0.2, 0.25) is 0 Å². The molecule has 0 heterocycles. The average molecular weight is 313 g/mol. The van der Waals surface area contributed by atoms with Crippen LogP contribution in [-0.2, 0) is 0 Å². The second-order valence-corrected chi connectivity index (χ2v) is 4.74. The molecule has 0 aliphatic heterocycles. The van der Waals surface area contributed by atoms with Gasteiger partial charge in [-0.2, -0.15) is 5.10 Å². The summed E-state index contributed by atoms with van der Waals surface area (Å²) in [4.78, 5) is 22.0. The summed E-state index contributed by atoms with van der Waals surface area (Å²) in [5, 5.41) is 14.5. The van der Waals surface area contributed by atoms with Crippen molar-refractivity contribution in [3.8, 4) is 5.75 Å². The van der Waals surface area contributed by atoms with Crippen LogP contribution in [0, 0.1) is 17.0 Å². The van der Waals surface area contributed by atoms with Gasteiger partial charge in [-0.15, -0.1) is 0 Å². The van der Waals surface area contributed by atoms with Gasteiger partial charge in [0.2, 0.25) is 0 Å². The maximum Gasteiger partial charge on any atom is 0.271 e. The minimum atomic E-state index is -0.555. The number of hydrogen-bond acceptors (Lipinski definition) is 5. The Morgan fingerprint density at radius 2 is 2.09 bits per heavy atom. The number of benzene rings is 2. The molecule has 2 aromatic rings. The van der Waals surface area contributed by atoms with Gasteiger partial charge in [-0.05, 0) is 42.3 Å². The van der Waals surface area contributed by atoms with Crippen LogP contribution in [0.3, 0.4) is 0 Å². The lowest BCUT2D eigenvalue weighted by Gasteiger charge is -2.04. The molecule has 0 spiro atoms. The third-order valence-electron chi connectivity index (χ3n) is 3.12. The highest BCUT2D eigenvalue weighted by molar-refractivity contribution is 5.95. The first-order valence-electron chi connectivity index (χ1n) is 6.74. The number of ether oxygens (including phenoxy) is 1. The molecule has 0 aliphatic carbocycles. The zero-order chi connectivity index (χ0) is 16.8. The SMILES string of the molecule is COc1ccc(/C=N/NC(=O)c2cccc([N+](=O)[O-])c2)cc1C. The number of nitrogens with one attached hydrogen (secondary N) is 1. The lowest BCUT2D eigenvalue weighted by atomic mass is 10.1. The maximum atomic E-state index is 11.9. The number of nitro groups is 1. The zero-order valence-electron chi connectivity index (χ0n) is 12.6. The van der Waals surface area contributed by atoms with Crippen molar-refractivity contribution >= 4 is 17.8 Å². The third-order valence-corrected chi connectivity index (χ3v) is 3.12. The van der Waals surface area contributed by atoms with E-state index in [4.69, 9.17) is 4.74 Å². The van der Waals surface area contributed by atoms with E-state index in [1.807, 2.05) is 13.0 Å². The summed E-state index contributed by atoms with van der Waals surface area (Å²) in [5.41, 5.74) is 4.10. The van der Waals surface area contributed by atoms with Crippen LogP contribution >= 0.6 is 0 Å². The lowest BCUT2D eigenvalue weighted by molar-refractivity contribution is -0.384. The molecule has 23 heavy (non-hydrogen) atoms. The van der Waals surface area contributed by atoms with Gasteiger partial charge in [0.15, 0.2) is 0 Å². The molecule has 0 radical (unpaired) electrons. The fourth-order valence-corrected chi connectivity index (χ4v) is 1.97. The quantitative estimate of drug-likeness (QED) is 0.521. The first kappa shape index (κ1) is 16.2. The largest absolute Gasteiger partial charge is 0.496 e. The smallest absolute Gasteiger partial charge is 0.271 e. The second kappa shape index (κ2) is 7.17. The highest BCUT2D eigenvalue weighted by Crippen LogP contribution is 2.17. The molecule has 0 saturated heterocycles. The molecule has 7 nitrogen and oxygen atoms in total. The molecule has 1 N–H and O–H groups in total. The maximum absolute atomic E-state index is 11.9. The number of carbonyl (C=O) groups is 1. The Hall–Kier alpha value is -3.22. The van der Waals surface area contributed by atoms with E-state index in [0.29, 0.717) is 0 Å². The lowest BCUT2D eigenvalue weighted by Crippen LogP contribution is -2.17. The van der Waals surface area contributed by atoms with Crippen molar-refractivity contribution in [2.24, 2.45) is 5.10 Å². The van der Waals surface area contributed by atoms with Crippen LogP contribution in [0.25, 0.3) is 0 Å². The van der Waals surface area contributed by atoms with Gasteiger partial charge in [0.25, 0.3) is 11.6 Å². The van der Waals surface area contributed by atoms with Gasteiger partial charge in [0.05, 0.1) is 18.2 Å². The van der Waals surface area contributed by atoms with Crippen molar-refractivity contribution in [3.63, 3.8) is 0 Å². The summed E-state index contributed by atoms with van der Waals surface area (Å²) >= 11 is 0. The third kappa shape index (κ3) is 4.13. The van der Waals surface area contributed by atoms with Crippen molar-refractivity contribution in [3.05, 3.63) is 69.3 Å². The van der Waals surface area contributed by atoms with Crippen molar-refractivity contribution in [2.75, 3.05) is 7.11 Å². The van der Waals surface area contributed by atoms with Crippen molar-refractivity contribution in [1.82, 2.24) is 5.43 Å². The Morgan fingerprint density at radius 1 is 1.30 bits per heavy atom. The monoisotopic (exact) mass is 313 g/mol. The molecule has 7 heteroatoms. The Labute approximate surface area is 132 Å². The van der Waals surface area contributed by atoms with E-state index < -0.39 is 10.8 Å². The number of nitro benzene ring substituents is 1. The van der Waals surface area contributed by atoms with Gasteiger partial charge < -0.3 is 4.74 Å². The van der Waals surface area contributed by atoms with Crippen LogP contribution in [-0.4, -0.2) is 24.2 Å². The van der Waals surface area contributed by atoms with E-state index in [2.05, 4.69) is 10.5 Å². The van der Waals surface area contributed by atoms with E-state index in [-0.39, 0.29) is 11.3 Å². The predicted molar refractivity (Wildman–Crippen MR) is 85.9 cm³/mol. The van der Waals surface area contributed by atoms with E-state index in [1.165, 1.54) is 30.5 Å². The molecular formula is C16H15N3O4. The minimum Gasteiger partial charge on any atom is -0.496 e. The molecule has 118 valence electrons. The number of methoxy groups -OCH3 is 1. The minimum absolute atomic E-state index is 0.146. The van der Waals surface area contributed by atoms with E-state index >= 15 is 0 Å². The molecule has 0 saturated carbocycles. The number of carbonyl (C=O) groups excluding carboxylic acids is 1. The highest BCUT2D eigenvalue weighted by atomic mass is 16.6. The van der Waals surface area contributed by atoms with E-state index in [0.717, 1.165) is 16.9 Å². The summed E-state index contributed by atoms with van der Waals surface area (Å²) in [7, 11) is 1.59. The number of non-ortho nitro benzene ring substituents is 1. The summed E-state index contributed by atoms with van der Waals surface area (Å²) in [6.45, 7) is 1.90. The standard InChI is InChI=1S/C16H15N3O4/c1-11-8-12(6-7-15(11)23-2)10-17-18-16(20)13-4-3-5-14(9-13)19(21)22/h3-10H,1-2H3,(H,18,20)/b17-10+. The number of aryl methyl sites for hydroxylation is 1. The Balaban J connectivity index is 2.05. The van der Waals surface area contributed by atoms with Gasteiger partial charge >= 0.3 is 0 Å². The molecule has 0 atom stereocenters. The van der Waals surface area contributed by atoms with Crippen molar-refractivity contribution in [1.29, 1.82) is 0 Å². The molecule has 1 amide bonds. The summed E-state index contributed by atoms with van der Waals surface area (Å²) < 4.78 is 5.16. The predicted octanol–water partition coefficient (Wildman–Crippen LogP) is 2.68. The molecule has 0 bridgehead atoms. The number of amides is 1. The fraction of sp³-hybridized carbons (Fsp3) is 0.125. The number of rotatable bonds is 5. The van der Waals surface area contributed by atoms with Gasteiger partial charge in [-0.1, -0.05) is 6.07 Å². The van der Waals surface area contributed by atoms with Gasteiger partial charge in [0.1, 0.15) is 5.75 Å². The summed E-state index contributed by atoms with van der Waals surface area (Å²) in [5.74, 6) is 0.248. The van der Waals surface area contributed by atoms with Crippen LogP contribution in [0.1, 0.15) is 21.5 Å². The van der Waals surface area contributed by atoms with Crippen LogP contribution in [0.15, 0.2) is 47.6 Å². The molecular weight excluding hydrogens is 298 g/mol. The van der Waals surface area contributed by atoms with Crippen LogP contribution in [0.5, 0.6) is 5.75 Å². The molecule has 2 rings (SSSR count). The number of nitrogens with zero attached hydrogens (tertiary/aromatic N) is 2. The first-order chi connectivity index (χ1) is 11.0. The van der Waals surface area contributed by atoms with E-state index in [9.17, 15) is 14.9 Å². The number of hydrazone groups is 1. The molecule has 0 aromatic heterocycles. The fourth-order valence-electron chi connectivity index (χ4n) is 1.97. The normalized spacial score (nSPS) is 10.5. The Morgan fingerprint density at radius 3 is 2.74 bits per heavy atom. The number of hydrogen-bond donors (Lipinski definition) is 1. The Bertz CT molecular complexity index is 772. The molecule has 0 fully saturated rings. The molecule has 0 unspecified atom stereocenters. The average Bonchev–Trinajstić information content (AvgIpc) is 2.55. The van der Waals surface area contributed by atoms with Crippen LogP contribution < -0.4 is 10.2 Å². The summed E-state index contributed by atoms with van der Waals surface area (Å²) in [6.07, 6.45) is 1.49. The van der Waals surface area contributed by atoms with Gasteiger partial charge in [-0.25, -0.2) is 5.43 Å². The van der Waals surface area contributed by atoms with Gasteiger partial charge in [0, 0.05) is 17.7 Å². The van der Waals surface area contributed by atoms with Crippen molar-refractivity contribution < 1.29 is 14.5 Å². The van der Waals surface area contributed by atoms with Crippen molar-refractivity contribution in [2.45, 2.75) is 6.92 Å². The zero-order valence-corrected chi connectivity index (χ0v) is 12.6. The van der Waals surface area contributed by atoms with E-state index in [1.54, 1.807) is 19.2 Å². The van der Waals surface area contributed by atoms with Gasteiger partial charge in [-0.3, -0.25) is 14.9 Å². The highest BCUT2D eigenvalue weighted by Gasteiger charge is 2.10. The van der Waals surface area contributed by atoms with Crippen LogP contribution in [0.4, 0.5) is 5.69 Å².